The first-order valence-electron chi connectivity index (χ1n) is 5.61. The molecule has 1 heterocycles. The number of carbonyl (C=O) groups is 1. The lowest BCUT2D eigenvalue weighted by atomic mass is 10.1. The number of aryl methyl sites for hydroxylation is 1. The van der Waals surface area contributed by atoms with Crippen LogP contribution in [-0.2, 0) is 4.84 Å². The molecule has 4 heteroatoms. The maximum Gasteiger partial charge on any atom is 0.277 e. The second-order valence-corrected chi connectivity index (χ2v) is 3.97. The van der Waals surface area contributed by atoms with E-state index in [1.165, 1.54) is 12.2 Å². The summed E-state index contributed by atoms with van der Waals surface area (Å²) in [5.41, 5.74) is 1.52. The van der Waals surface area contributed by atoms with E-state index in [1.54, 1.807) is 19.2 Å². The molecule has 18 heavy (non-hydrogen) atoms. The van der Waals surface area contributed by atoms with Gasteiger partial charge in [-0.05, 0) is 31.2 Å². The monoisotopic (exact) mass is 245 g/mol. The van der Waals surface area contributed by atoms with Gasteiger partial charge in [0.05, 0.1) is 7.11 Å². The molecule has 94 valence electrons. The molecule has 0 aliphatic heterocycles. The Kier molecular flexibility index (Phi) is 3.48. The Labute approximate surface area is 106 Å². The van der Waals surface area contributed by atoms with Gasteiger partial charge in [0.2, 0.25) is 0 Å². The van der Waals surface area contributed by atoms with E-state index in [4.69, 9.17) is 9.25 Å². The molecule has 2 rings (SSSR count). The van der Waals surface area contributed by atoms with Crippen LogP contribution in [-0.4, -0.2) is 25.1 Å². The van der Waals surface area contributed by atoms with Gasteiger partial charge < -0.3 is 4.42 Å². The number of benzene rings is 1. The predicted molar refractivity (Wildman–Crippen MR) is 68.0 cm³/mol. The van der Waals surface area contributed by atoms with Crippen LogP contribution in [0.15, 0.2) is 40.8 Å². The minimum absolute atomic E-state index is 0.181. The van der Waals surface area contributed by atoms with E-state index >= 15 is 0 Å². The van der Waals surface area contributed by atoms with Crippen molar-refractivity contribution in [2.24, 2.45) is 0 Å². The van der Waals surface area contributed by atoms with Crippen molar-refractivity contribution < 1.29 is 14.0 Å². The number of rotatable bonds is 3. The van der Waals surface area contributed by atoms with Gasteiger partial charge in [0.1, 0.15) is 11.5 Å². The molecule has 0 spiro atoms. The molecule has 0 N–H and O–H groups in total. The molecular weight excluding hydrogens is 230 g/mol. The lowest BCUT2D eigenvalue weighted by Crippen LogP contribution is -2.25. The van der Waals surface area contributed by atoms with Crippen LogP contribution in [0.5, 0.6) is 0 Å². The first kappa shape index (κ1) is 12.4. The SMILES string of the molecule is CON(C)C(=O)c1ccc(-c2ccc(C)o2)cc1. The Morgan fingerprint density at radius 3 is 2.33 bits per heavy atom. The fraction of sp³-hybridized carbons (Fsp3) is 0.214. The third-order valence-corrected chi connectivity index (χ3v) is 2.72. The molecule has 0 saturated heterocycles. The van der Waals surface area contributed by atoms with E-state index in [1.807, 2.05) is 31.2 Å². The summed E-state index contributed by atoms with van der Waals surface area (Å²) in [7, 11) is 3.03. The average Bonchev–Trinajstić information content (AvgIpc) is 2.84. The molecule has 0 saturated carbocycles. The van der Waals surface area contributed by atoms with E-state index in [0.29, 0.717) is 5.56 Å². The van der Waals surface area contributed by atoms with Crippen molar-refractivity contribution in [1.82, 2.24) is 5.06 Å². The fourth-order valence-electron chi connectivity index (χ4n) is 1.63. The lowest BCUT2D eigenvalue weighted by Gasteiger charge is -2.13. The molecule has 0 aliphatic carbocycles. The molecule has 1 amide bonds. The van der Waals surface area contributed by atoms with Crippen LogP contribution in [0.25, 0.3) is 11.3 Å². The van der Waals surface area contributed by atoms with Crippen LogP contribution >= 0.6 is 0 Å². The quantitative estimate of drug-likeness (QED) is 0.781. The summed E-state index contributed by atoms with van der Waals surface area (Å²) in [6.45, 7) is 1.90. The van der Waals surface area contributed by atoms with Crippen molar-refractivity contribution in [3.63, 3.8) is 0 Å². The standard InChI is InChI=1S/C14H15NO3/c1-10-4-9-13(18-10)11-5-7-12(8-6-11)14(16)15(2)17-3/h4-9H,1-3H3. The number of hydrogen-bond donors (Lipinski definition) is 0. The van der Waals surface area contributed by atoms with E-state index in [9.17, 15) is 4.79 Å². The van der Waals surface area contributed by atoms with Gasteiger partial charge in [-0.2, -0.15) is 0 Å². The molecule has 1 aromatic carbocycles. The van der Waals surface area contributed by atoms with Crippen molar-refractivity contribution >= 4 is 5.91 Å². The van der Waals surface area contributed by atoms with Gasteiger partial charge in [0.25, 0.3) is 5.91 Å². The molecule has 0 aliphatic rings. The number of nitrogens with zero attached hydrogens (tertiary/aromatic N) is 1. The second kappa shape index (κ2) is 5.06. The number of hydroxylamine groups is 2. The predicted octanol–water partition coefficient (Wildman–Crippen LogP) is 2.89. The Morgan fingerprint density at radius 1 is 1.17 bits per heavy atom. The van der Waals surface area contributed by atoms with E-state index < -0.39 is 0 Å². The molecule has 0 fully saturated rings. The molecule has 4 nitrogen and oxygen atoms in total. The number of hydrogen-bond acceptors (Lipinski definition) is 3. The summed E-state index contributed by atoms with van der Waals surface area (Å²) in [4.78, 5) is 16.7. The Balaban J connectivity index is 2.23. The summed E-state index contributed by atoms with van der Waals surface area (Å²) in [6, 6.07) is 11.0. The van der Waals surface area contributed by atoms with Crippen molar-refractivity contribution in [3.05, 3.63) is 47.7 Å². The second-order valence-electron chi connectivity index (χ2n) is 3.97. The third-order valence-electron chi connectivity index (χ3n) is 2.72. The summed E-state index contributed by atoms with van der Waals surface area (Å²) in [5, 5.41) is 1.19. The van der Waals surface area contributed by atoms with Crippen LogP contribution in [0.2, 0.25) is 0 Å². The highest BCUT2D eigenvalue weighted by Gasteiger charge is 2.11. The number of furan rings is 1. The minimum atomic E-state index is -0.181. The summed E-state index contributed by atoms with van der Waals surface area (Å²) in [6.07, 6.45) is 0. The molecule has 2 aromatic rings. The Bertz CT molecular complexity index is 542. The fourth-order valence-corrected chi connectivity index (χ4v) is 1.63. The molecule has 0 atom stereocenters. The van der Waals surface area contributed by atoms with Crippen molar-refractivity contribution in [2.45, 2.75) is 6.92 Å². The van der Waals surface area contributed by atoms with Crippen molar-refractivity contribution in [2.75, 3.05) is 14.2 Å². The molecule has 0 bridgehead atoms. The minimum Gasteiger partial charge on any atom is -0.461 e. The van der Waals surface area contributed by atoms with E-state index in [-0.39, 0.29) is 5.91 Å². The van der Waals surface area contributed by atoms with Crippen molar-refractivity contribution in [1.29, 1.82) is 0 Å². The Hall–Kier alpha value is -2.07. The highest BCUT2D eigenvalue weighted by molar-refractivity contribution is 5.93. The van der Waals surface area contributed by atoms with Crippen LogP contribution in [0.3, 0.4) is 0 Å². The molecular formula is C14H15NO3. The van der Waals surface area contributed by atoms with Crippen LogP contribution in [0.4, 0.5) is 0 Å². The van der Waals surface area contributed by atoms with Crippen LogP contribution in [0.1, 0.15) is 16.1 Å². The molecule has 1 aromatic heterocycles. The maximum absolute atomic E-state index is 11.8. The topological polar surface area (TPSA) is 42.7 Å². The summed E-state index contributed by atoms with van der Waals surface area (Å²) >= 11 is 0. The first-order chi connectivity index (χ1) is 8.61. The zero-order chi connectivity index (χ0) is 13.1. The third kappa shape index (κ3) is 2.43. The zero-order valence-corrected chi connectivity index (χ0v) is 10.6. The van der Waals surface area contributed by atoms with Gasteiger partial charge in [0, 0.05) is 18.2 Å². The van der Waals surface area contributed by atoms with Gasteiger partial charge in [0.15, 0.2) is 0 Å². The van der Waals surface area contributed by atoms with Gasteiger partial charge in [-0.3, -0.25) is 9.63 Å². The zero-order valence-electron chi connectivity index (χ0n) is 10.6. The highest BCUT2D eigenvalue weighted by Crippen LogP contribution is 2.22. The largest absolute Gasteiger partial charge is 0.461 e. The van der Waals surface area contributed by atoms with E-state index in [0.717, 1.165) is 17.1 Å². The van der Waals surface area contributed by atoms with Gasteiger partial charge in [-0.15, -0.1) is 0 Å². The average molecular weight is 245 g/mol. The smallest absolute Gasteiger partial charge is 0.277 e. The molecule has 0 unspecified atom stereocenters. The number of amides is 1. The van der Waals surface area contributed by atoms with Gasteiger partial charge >= 0.3 is 0 Å². The lowest BCUT2D eigenvalue weighted by molar-refractivity contribution is -0.0756. The Morgan fingerprint density at radius 2 is 1.83 bits per heavy atom. The van der Waals surface area contributed by atoms with E-state index in [2.05, 4.69) is 0 Å². The highest BCUT2D eigenvalue weighted by atomic mass is 16.7. The first-order valence-corrected chi connectivity index (χ1v) is 5.61. The molecule has 0 radical (unpaired) electrons. The van der Waals surface area contributed by atoms with Crippen LogP contribution in [0, 0.1) is 6.92 Å². The maximum atomic E-state index is 11.8. The van der Waals surface area contributed by atoms with Crippen LogP contribution < -0.4 is 0 Å². The normalized spacial score (nSPS) is 10.4. The van der Waals surface area contributed by atoms with Gasteiger partial charge in [-0.25, -0.2) is 5.06 Å². The van der Waals surface area contributed by atoms with Gasteiger partial charge in [-0.1, -0.05) is 12.1 Å². The summed E-state index contributed by atoms with van der Waals surface area (Å²) < 4.78 is 5.52. The summed E-state index contributed by atoms with van der Waals surface area (Å²) in [5.74, 6) is 1.48. The van der Waals surface area contributed by atoms with Crippen molar-refractivity contribution in [3.8, 4) is 11.3 Å². The number of carbonyl (C=O) groups excluding carboxylic acids is 1.